The second-order valence-corrected chi connectivity index (χ2v) is 7.72. The number of methoxy groups -OCH3 is 1. The lowest BCUT2D eigenvalue weighted by Gasteiger charge is -2.32. The van der Waals surface area contributed by atoms with Crippen molar-refractivity contribution in [1.29, 1.82) is 0 Å². The van der Waals surface area contributed by atoms with Crippen molar-refractivity contribution in [3.05, 3.63) is 23.8 Å². The number of carbonyl (C=O) groups is 1. The molecule has 1 fully saturated rings. The predicted octanol–water partition coefficient (Wildman–Crippen LogP) is 0.675. The van der Waals surface area contributed by atoms with E-state index in [1.54, 1.807) is 11.0 Å². The Bertz CT molecular complexity index is 683. The summed E-state index contributed by atoms with van der Waals surface area (Å²) in [4.78, 5) is 14.4. The van der Waals surface area contributed by atoms with Gasteiger partial charge in [-0.2, -0.15) is 0 Å². The Morgan fingerprint density at radius 1 is 1.29 bits per heavy atom. The van der Waals surface area contributed by atoms with E-state index in [2.05, 4.69) is 10.0 Å². The molecule has 1 aromatic rings. The van der Waals surface area contributed by atoms with E-state index in [9.17, 15) is 13.2 Å². The Balaban J connectivity index is 2.20. The number of hydrogen-bond acceptors (Lipinski definition) is 5. The number of benzene rings is 1. The van der Waals surface area contributed by atoms with Crippen LogP contribution in [0.15, 0.2) is 23.1 Å². The van der Waals surface area contributed by atoms with Gasteiger partial charge in [-0.3, -0.25) is 4.79 Å². The van der Waals surface area contributed by atoms with E-state index in [1.807, 2.05) is 7.05 Å². The predicted molar refractivity (Wildman–Crippen MR) is 91.8 cm³/mol. The third-order valence-electron chi connectivity index (χ3n) is 4.36. The number of hydrogen-bond donors (Lipinski definition) is 2. The molecule has 134 valence electrons. The molecule has 1 amide bonds. The van der Waals surface area contributed by atoms with Gasteiger partial charge in [0.1, 0.15) is 10.6 Å². The molecule has 0 unspecified atom stereocenters. The first-order valence-electron chi connectivity index (χ1n) is 7.98. The standard InChI is InChI=1S/C16H25N3O4S/c1-17-11-12-6-8-19(9-7-12)16(20)13-4-5-14(23-3)15(10-13)24(21,22)18-2/h4-5,10,12,17-18H,6-9,11H2,1-3H3. The molecule has 0 atom stereocenters. The molecule has 1 saturated heterocycles. The van der Waals surface area contributed by atoms with Gasteiger partial charge in [0.25, 0.3) is 5.91 Å². The van der Waals surface area contributed by atoms with Crippen molar-refractivity contribution in [1.82, 2.24) is 14.9 Å². The minimum absolute atomic E-state index is 0.0246. The Kier molecular flexibility index (Phi) is 6.20. The molecule has 0 spiro atoms. The van der Waals surface area contributed by atoms with Crippen LogP contribution in [0.5, 0.6) is 5.75 Å². The summed E-state index contributed by atoms with van der Waals surface area (Å²) in [6, 6.07) is 4.51. The number of nitrogens with one attached hydrogen (secondary N) is 2. The first-order chi connectivity index (χ1) is 11.4. The third-order valence-corrected chi connectivity index (χ3v) is 5.80. The highest BCUT2D eigenvalue weighted by molar-refractivity contribution is 7.89. The summed E-state index contributed by atoms with van der Waals surface area (Å²) < 4.78 is 31.6. The SMILES string of the molecule is CNCC1CCN(C(=O)c2ccc(OC)c(S(=O)(=O)NC)c2)CC1. The second-order valence-electron chi connectivity index (χ2n) is 5.87. The molecular formula is C16H25N3O4S. The number of carbonyl (C=O) groups excluding carboxylic acids is 1. The van der Waals surface area contributed by atoms with Crippen LogP contribution in [0.2, 0.25) is 0 Å². The first-order valence-corrected chi connectivity index (χ1v) is 9.46. The number of rotatable bonds is 6. The number of sulfonamides is 1. The number of piperidine rings is 1. The number of nitrogens with zero attached hydrogens (tertiary/aromatic N) is 1. The lowest BCUT2D eigenvalue weighted by molar-refractivity contribution is 0.0690. The quantitative estimate of drug-likeness (QED) is 0.783. The number of ether oxygens (including phenoxy) is 1. The van der Waals surface area contributed by atoms with Crippen LogP contribution in [0.3, 0.4) is 0 Å². The van der Waals surface area contributed by atoms with Crippen molar-refractivity contribution < 1.29 is 17.9 Å². The first kappa shape index (κ1) is 18.7. The van der Waals surface area contributed by atoms with Crippen molar-refractivity contribution in [3.63, 3.8) is 0 Å². The highest BCUT2D eigenvalue weighted by atomic mass is 32.2. The lowest BCUT2D eigenvalue weighted by atomic mass is 9.96. The van der Waals surface area contributed by atoms with Crippen molar-refractivity contribution >= 4 is 15.9 Å². The molecule has 2 N–H and O–H groups in total. The van der Waals surface area contributed by atoms with E-state index in [0.29, 0.717) is 24.6 Å². The van der Waals surface area contributed by atoms with Gasteiger partial charge < -0.3 is 15.0 Å². The van der Waals surface area contributed by atoms with Crippen molar-refractivity contribution in [2.45, 2.75) is 17.7 Å². The summed E-state index contributed by atoms with van der Waals surface area (Å²) in [5, 5.41) is 3.17. The summed E-state index contributed by atoms with van der Waals surface area (Å²) >= 11 is 0. The molecule has 1 aromatic carbocycles. The van der Waals surface area contributed by atoms with Gasteiger partial charge >= 0.3 is 0 Å². The summed E-state index contributed by atoms with van der Waals surface area (Å²) in [6.45, 7) is 2.33. The Morgan fingerprint density at radius 3 is 2.50 bits per heavy atom. The van der Waals surface area contributed by atoms with Gasteiger partial charge in [0.15, 0.2) is 0 Å². The minimum atomic E-state index is -3.70. The fourth-order valence-corrected chi connectivity index (χ4v) is 3.86. The maximum atomic E-state index is 12.7. The van der Waals surface area contributed by atoms with Crippen LogP contribution >= 0.6 is 0 Å². The van der Waals surface area contributed by atoms with E-state index < -0.39 is 10.0 Å². The summed E-state index contributed by atoms with van der Waals surface area (Å²) in [7, 11) is 0.961. The molecule has 0 aliphatic carbocycles. The van der Waals surface area contributed by atoms with Crippen LogP contribution in [0.4, 0.5) is 0 Å². The molecule has 8 heteroatoms. The van der Waals surface area contributed by atoms with Gasteiger partial charge in [0, 0.05) is 18.7 Å². The van der Waals surface area contributed by atoms with E-state index in [1.165, 1.54) is 26.3 Å². The maximum Gasteiger partial charge on any atom is 0.253 e. The zero-order valence-corrected chi connectivity index (χ0v) is 15.1. The van der Waals surface area contributed by atoms with E-state index in [4.69, 9.17) is 4.74 Å². The fraction of sp³-hybridized carbons (Fsp3) is 0.562. The molecule has 1 heterocycles. The maximum absolute atomic E-state index is 12.7. The van der Waals surface area contributed by atoms with Crippen molar-refractivity contribution in [2.75, 3.05) is 40.8 Å². The zero-order chi connectivity index (χ0) is 17.7. The van der Waals surface area contributed by atoms with Gasteiger partial charge in [-0.25, -0.2) is 13.1 Å². The van der Waals surface area contributed by atoms with Crippen LogP contribution < -0.4 is 14.8 Å². The molecule has 0 saturated carbocycles. The van der Waals surface area contributed by atoms with Crippen LogP contribution in [0.25, 0.3) is 0 Å². The highest BCUT2D eigenvalue weighted by Crippen LogP contribution is 2.26. The molecule has 1 aliphatic rings. The second kappa shape index (κ2) is 7.96. The van der Waals surface area contributed by atoms with Gasteiger partial charge in [0.2, 0.25) is 10.0 Å². The average Bonchev–Trinajstić information content (AvgIpc) is 2.61. The van der Waals surface area contributed by atoms with Gasteiger partial charge in [-0.1, -0.05) is 0 Å². The van der Waals surface area contributed by atoms with Gasteiger partial charge in [-0.05, 0) is 57.6 Å². The van der Waals surface area contributed by atoms with Gasteiger partial charge in [-0.15, -0.1) is 0 Å². The van der Waals surface area contributed by atoms with Crippen LogP contribution in [-0.2, 0) is 10.0 Å². The molecule has 0 radical (unpaired) electrons. The van der Waals surface area contributed by atoms with Crippen LogP contribution in [0, 0.1) is 5.92 Å². The average molecular weight is 355 g/mol. The highest BCUT2D eigenvalue weighted by Gasteiger charge is 2.25. The van der Waals surface area contributed by atoms with Gasteiger partial charge in [0.05, 0.1) is 7.11 Å². The largest absolute Gasteiger partial charge is 0.495 e. The monoisotopic (exact) mass is 355 g/mol. The Morgan fingerprint density at radius 2 is 1.96 bits per heavy atom. The number of amides is 1. The Labute approximate surface area is 143 Å². The smallest absolute Gasteiger partial charge is 0.253 e. The third kappa shape index (κ3) is 4.06. The zero-order valence-electron chi connectivity index (χ0n) is 14.3. The topological polar surface area (TPSA) is 87.7 Å². The molecule has 24 heavy (non-hydrogen) atoms. The summed E-state index contributed by atoms with van der Waals surface area (Å²) in [5.41, 5.74) is 0.358. The van der Waals surface area contributed by atoms with Crippen molar-refractivity contribution in [3.8, 4) is 5.75 Å². The van der Waals surface area contributed by atoms with Crippen molar-refractivity contribution in [2.24, 2.45) is 5.92 Å². The molecular weight excluding hydrogens is 330 g/mol. The van der Waals surface area contributed by atoms with E-state index in [-0.39, 0.29) is 16.6 Å². The molecule has 7 nitrogen and oxygen atoms in total. The normalized spacial score (nSPS) is 16.2. The van der Waals surface area contributed by atoms with Crippen LogP contribution in [-0.4, -0.2) is 60.1 Å². The lowest BCUT2D eigenvalue weighted by Crippen LogP contribution is -2.40. The molecule has 1 aliphatic heterocycles. The molecule has 0 bridgehead atoms. The fourth-order valence-electron chi connectivity index (χ4n) is 2.94. The summed E-state index contributed by atoms with van der Waals surface area (Å²) in [6.07, 6.45) is 1.90. The minimum Gasteiger partial charge on any atom is -0.495 e. The Hall–Kier alpha value is -1.64. The summed E-state index contributed by atoms with van der Waals surface area (Å²) in [5.74, 6) is 0.650. The van der Waals surface area contributed by atoms with E-state index >= 15 is 0 Å². The van der Waals surface area contributed by atoms with Crippen LogP contribution in [0.1, 0.15) is 23.2 Å². The number of likely N-dealkylation sites (tertiary alicyclic amines) is 1. The molecule has 2 rings (SSSR count). The molecule has 0 aromatic heterocycles. The van der Waals surface area contributed by atoms with E-state index in [0.717, 1.165) is 19.4 Å².